The van der Waals surface area contributed by atoms with Crippen LogP contribution < -0.4 is 0 Å². The topological polar surface area (TPSA) is 22.8 Å². The van der Waals surface area contributed by atoms with E-state index in [9.17, 15) is 0 Å². The summed E-state index contributed by atoms with van der Waals surface area (Å²) < 4.78 is 4.77. The summed E-state index contributed by atoms with van der Waals surface area (Å²) in [6.45, 7) is 0. The minimum absolute atomic E-state index is 0.994. The number of benzene rings is 8. The van der Waals surface area contributed by atoms with Crippen molar-refractivity contribution in [1.29, 1.82) is 0 Å². The van der Waals surface area contributed by atoms with E-state index in [1.807, 2.05) is 0 Å². The monoisotopic (exact) mass is 685 g/mol. The van der Waals surface area contributed by atoms with E-state index in [0.717, 1.165) is 22.5 Å². The Hall–Kier alpha value is -7.23. The lowest BCUT2D eigenvalue weighted by Crippen LogP contribution is -1.94. The Labute approximate surface area is 311 Å². The van der Waals surface area contributed by atoms with Crippen molar-refractivity contribution in [2.24, 2.45) is 0 Å². The number of nitrogens with zero attached hydrogens (tertiary/aromatic N) is 3. The first-order chi connectivity index (χ1) is 26.8. The van der Waals surface area contributed by atoms with Crippen molar-refractivity contribution in [3.05, 3.63) is 188 Å². The van der Waals surface area contributed by atoms with E-state index >= 15 is 0 Å². The number of aromatic nitrogens is 3. The molecule has 0 amide bonds. The number of pyridine rings is 1. The van der Waals surface area contributed by atoms with Crippen molar-refractivity contribution in [1.82, 2.24) is 14.1 Å². The molecule has 0 unspecified atom stereocenters. The SMILES string of the molecule is c1ccc(-n2c3ccccc3c3cc(-c4ccc5c(c4)c4ccccc4n5-c4ccc(-c5cc6c7c(cccc7n5)-c5ccccc5-6)cc4)ccc32)cc1. The van der Waals surface area contributed by atoms with Gasteiger partial charge in [-0.15, -0.1) is 0 Å². The summed E-state index contributed by atoms with van der Waals surface area (Å²) in [5.74, 6) is 0. The first-order valence-electron chi connectivity index (χ1n) is 18.6. The molecule has 250 valence electrons. The van der Waals surface area contributed by atoms with E-state index in [1.165, 1.54) is 88.1 Å². The van der Waals surface area contributed by atoms with Crippen LogP contribution in [-0.2, 0) is 0 Å². The van der Waals surface area contributed by atoms with Gasteiger partial charge in [-0.3, -0.25) is 0 Å². The Morgan fingerprint density at radius 1 is 0.315 bits per heavy atom. The van der Waals surface area contributed by atoms with E-state index in [2.05, 4.69) is 197 Å². The standard InChI is InChI=1S/C51H31N3/c1-2-11-35(12-3-1)53-47-19-8-6-15-39(47)42-29-33(23-27-49(42)53)34-24-28-50-43(30-34)40-16-7-9-20-48(40)54(50)36-25-21-32(22-26-36)46-31-44-38-14-5-4-13-37(38)41-17-10-18-45(52-46)51(41)44/h1-31H. The van der Waals surface area contributed by atoms with Gasteiger partial charge in [-0.25, -0.2) is 4.98 Å². The highest BCUT2D eigenvalue weighted by molar-refractivity contribution is 6.15. The summed E-state index contributed by atoms with van der Waals surface area (Å²) in [6.07, 6.45) is 0. The Bertz CT molecular complexity index is 3310. The van der Waals surface area contributed by atoms with Crippen LogP contribution in [0.1, 0.15) is 0 Å². The summed E-state index contributed by atoms with van der Waals surface area (Å²) in [5.41, 5.74) is 17.8. The van der Waals surface area contributed by atoms with Crippen LogP contribution >= 0.6 is 0 Å². The zero-order valence-corrected chi connectivity index (χ0v) is 29.2. The lowest BCUT2D eigenvalue weighted by Gasteiger charge is -2.11. The number of fused-ring (bicyclic) bond motifs is 9. The molecule has 0 fully saturated rings. The normalized spacial score (nSPS) is 12.1. The minimum atomic E-state index is 0.994. The fraction of sp³-hybridized carbons (Fsp3) is 0. The molecule has 1 aliphatic carbocycles. The Kier molecular flexibility index (Phi) is 6.05. The molecule has 3 heteroatoms. The van der Waals surface area contributed by atoms with Gasteiger partial charge < -0.3 is 9.13 Å². The van der Waals surface area contributed by atoms with Crippen LogP contribution in [0.3, 0.4) is 0 Å². The maximum Gasteiger partial charge on any atom is 0.0722 e. The Balaban J connectivity index is 0.967. The lowest BCUT2D eigenvalue weighted by molar-refractivity contribution is 1.18. The van der Waals surface area contributed by atoms with Gasteiger partial charge in [0.15, 0.2) is 0 Å². The number of para-hydroxylation sites is 3. The molecular formula is C51H31N3. The third-order valence-electron chi connectivity index (χ3n) is 11.5. The van der Waals surface area contributed by atoms with E-state index in [-0.39, 0.29) is 0 Å². The van der Waals surface area contributed by atoms with Crippen LogP contribution in [0.4, 0.5) is 0 Å². The maximum absolute atomic E-state index is 5.17. The van der Waals surface area contributed by atoms with Crippen molar-refractivity contribution in [3.8, 4) is 56.0 Å². The summed E-state index contributed by atoms with van der Waals surface area (Å²) in [6, 6.07) is 68.3. The highest BCUT2D eigenvalue weighted by Gasteiger charge is 2.23. The molecule has 0 saturated carbocycles. The van der Waals surface area contributed by atoms with Gasteiger partial charge in [0.2, 0.25) is 0 Å². The van der Waals surface area contributed by atoms with Crippen molar-refractivity contribution in [2.45, 2.75) is 0 Å². The van der Waals surface area contributed by atoms with Crippen LogP contribution in [0, 0.1) is 0 Å². The third-order valence-corrected chi connectivity index (χ3v) is 11.5. The first-order valence-corrected chi connectivity index (χ1v) is 18.6. The molecule has 0 N–H and O–H groups in total. The average Bonchev–Trinajstić information content (AvgIpc) is 3.87. The van der Waals surface area contributed by atoms with Gasteiger partial charge in [-0.2, -0.15) is 0 Å². The van der Waals surface area contributed by atoms with Gasteiger partial charge in [-0.1, -0.05) is 115 Å². The van der Waals surface area contributed by atoms with Crippen molar-refractivity contribution < 1.29 is 0 Å². The zero-order chi connectivity index (χ0) is 35.3. The van der Waals surface area contributed by atoms with E-state index in [4.69, 9.17) is 4.98 Å². The molecule has 0 aliphatic heterocycles. The lowest BCUT2D eigenvalue weighted by atomic mass is 10.0. The molecular weight excluding hydrogens is 655 g/mol. The molecule has 0 saturated heterocycles. The van der Waals surface area contributed by atoms with Gasteiger partial charge in [-0.05, 0) is 106 Å². The molecule has 0 bridgehead atoms. The Morgan fingerprint density at radius 3 is 1.46 bits per heavy atom. The highest BCUT2D eigenvalue weighted by Crippen LogP contribution is 2.48. The van der Waals surface area contributed by atoms with Crippen molar-refractivity contribution in [3.63, 3.8) is 0 Å². The fourth-order valence-electron chi connectivity index (χ4n) is 9.04. The molecule has 12 rings (SSSR count). The summed E-state index contributed by atoms with van der Waals surface area (Å²) >= 11 is 0. The first kappa shape index (κ1) is 29.4. The van der Waals surface area contributed by atoms with Crippen molar-refractivity contribution >= 4 is 54.5 Å². The van der Waals surface area contributed by atoms with Gasteiger partial charge in [0.1, 0.15) is 0 Å². The average molecular weight is 686 g/mol. The third kappa shape index (κ3) is 4.15. The summed E-state index contributed by atoms with van der Waals surface area (Å²) in [7, 11) is 0. The molecule has 11 aromatic rings. The molecule has 54 heavy (non-hydrogen) atoms. The molecule has 3 nitrogen and oxygen atoms in total. The number of hydrogen-bond acceptors (Lipinski definition) is 1. The molecule has 3 aromatic heterocycles. The second-order valence-corrected chi connectivity index (χ2v) is 14.4. The van der Waals surface area contributed by atoms with Crippen LogP contribution in [0.5, 0.6) is 0 Å². The maximum atomic E-state index is 5.17. The highest BCUT2D eigenvalue weighted by atomic mass is 15.0. The number of rotatable bonds is 4. The zero-order valence-electron chi connectivity index (χ0n) is 29.2. The fourth-order valence-corrected chi connectivity index (χ4v) is 9.04. The Morgan fingerprint density at radius 2 is 0.815 bits per heavy atom. The van der Waals surface area contributed by atoms with E-state index in [0.29, 0.717) is 0 Å². The molecule has 0 atom stereocenters. The molecule has 1 aliphatic rings. The predicted molar refractivity (Wildman–Crippen MR) is 226 cm³/mol. The second-order valence-electron chi connectivity index (χ2n) is 14.4. The minimum Gasteiger partial charge on any atom is -0.309 e. The molecule has 0 radical (unpaired) electrons. The van der Waals surface area contributed by atoms with Gasteiger partial charge in [0.25, 0.3) is 0 Å². The second kappa shape index (κ2) is 11.1. The largest absolute Gasteiger partial charge is 0.309 e. The van der Waals surface area contributed by atoms with Gasteiger partial charge in [0.05, 0.1) is 33.3 Å². The van der Waals surface area contributed by atoms with Gasteiger partial charge in [0, 0.05) is 43.9 Å². The van der Waals surface area contributed by atoms with Crippen LogP contribution in [0.15, 0.2) is 188 Å². The molecule has 8 aromatic carbocycles. The molecule has 3 heterocycles. The molecule has 0 spiro atoms. The van der Waals surface area contributed by atoms with Crippen LogP contribution in [0.2, 0.25) is 0 Å². The van der Waals surface area contributed by atoms with E-state index in [1.54, 1.807) is 0 Å². The van der Waals surface area contributed by atoms with Crippen molar-refractivity contribution in [2.75, 3.05) is 0 Å². The number of hydrogen-bond donors (Lipinski definition) is 0. The van der Waals surface area contributed by atoms with Crippen LogP contribution in [0.25, 0.3) is 111 Å². The summed E-state index contributed by atoms with van der Waals surface area (Å²) in [4.78, 5) is 5.17. The smallest absolute Gasteiger partial charge is 0.0722 e. The predicted octanol–water partition coefficient (Wildman–Crippen LogP) is 13.4. The van der Waals surface area contributed by atoms with E-state index < -0.39 is 0 Å². The van der Waals surface area contributed by atoms with Gasteiger partial charge >= 0.3 is 0 Å². The summed E-state index contributed by atoms with van der Waals surface area (Å²) in [5, 5.41) is 6.26. The quantitative estimate of drug-likeness (QED) is 0.181. The van der Waals surface area contributed by atoms with Crippen LogP contribution in [-0.4, -0.2) is 14.1 Å².